The third-order valence-corrected chi connectivity index (χ3v) is 12.6. The third-order valence-electron chi connectivity index (χ3n) is 10.9. The Hall–Kier alpha value is -5.87. The number of hydrogen-bond donors (Lipinski definition) is 4. The Morgan fingerprint density at radius 1 is 0.400 bits per heavy atom. The molecule has 0 bridgehead atoms. The molecule has 2 heterocycles. The van der Waals surface area contributed by atoms with Crippen LogP contribution in [0.5, 0.6) is 0 Å². The van der Waals surface area contributed by atoms with E-state index in [-0.39, 0.29) is 23.3 Å². The van der Waals surface area contributed by atoms with Crippen molar-refractivity contribution in [3.8, 4) is 0 Å². The van der Waals surface area contributed by atoms with Gasteiger partial charge in [-0.15, -0.1) is 0 Å². The second-order valence-corrected chi connectivity index (χ2v) is 16.4. The molecule has 4 N–H and O–H groups in total. The van der Waals surface area contributed by atoms with E-state index in [2.05, 4.69) is 21.3 Å². The van der Waals surface area contributed by atoms with E-state index in [0.717, 1.165) is 33.4 Å². The summed E-state index contributed by atoms with van der Waals surface area (Å²) in [6, 6.07) is 56.3. The summed E-state index contributed by atoms with van der Waals surface area (Å²) >= 11 is 0. The molecular formula is C46H42N4O4S. The lowest BCUT2D eigenvalue weighted by Gasteiger charge is -2.47. The Labute approximate surface area is 322 Å². The molecule has 6 aromatic carbocycles. The highest BCUT2D eigenvalue weighted by atomic mass is 32.2. The SMILES string of the molecule is O=C1NC(CS(=O)(=O)CC2NC(=O)[C@@H]2NC(c2ccccc2)(c2ccccc2)c2ccccc2)[C@H]1NC(c1ccccc1)(c1ccccc1)c1ccccc1. The van der Waals surface area contributed by atoms with E-state index < -0.39 is 45.1 Å². The molecule has 55 heavy (non-hydrogen) atoms. The van der Waals surface area contributed by atoms with Crippen LogP contribution in [0.15, 0.2) is 182 Å². The Morgan fingerprint density at radius 3 is 0.818 bits per heavy atom. The van der Waals surface area contributed by atoms with Gasteiger partial charge in [-0.25, -0.2) is 8.42 Å². The Morgan fingerprint density at radius 2 is 0.618 bits per heavy atom. The van der Waals surface area contributed by atoms with Gasteiger partial charge in [0, 0.05) is 0 Å². The second kappa shape index (κ2) is 15.1. The van der Waals surface area contributed by atoms with Crippen LogP contribution >= 0.6 is 0 Å². The van der Waals surface area contributed by atoms with Crippen LogP contribution in [0.25, 0.3) is 0 Å². The van der Waals surface area contributed by atoms with Crippen molar-refractivity contribution < 1.29 is 18.0 Å². The molecule has 2 aliphatic rings. The predicted molar refractivity (Wildman–Crippen MR) is 215 cm³/mol. The monoisotopic (exact) mass is 746 g/mol. The highest BCUT2D eigenvalue weighted by molar-refractivity contribution is 7.91. The molecule has 8 nitrogen and oxygen atoms in total. The normalized spacial score (nSPS) is 19.7. The van der Waals surface area contributed by atoms with Gasteiger partial charge in [0.2, 0.25) is 11.8 Å². The Kier molecular flexibility index (Phi) is 9.92. The Balaban J connectivity index is 1.08. The van der Waals surface area contributed by atoms with E-state index >= 15 is 0 Å². The zero-order valence-corrected chi connectivity index (χ0v) is 30.9. The molecule has 6 aromatic rings. The summed E-state index contributed by atoms with van der Waals surface area (Å²) in [4.78, 5) is 26.8. The predicted octanol–water partition coefficient (Wildman–Crippen LogP) is 5.30. The van der Waals surface area contributed by atoms with Gasteiger partial charge in [-0.3, -0.25) is 20.2 Å². The smallest absolute Gasteiger partial charge is 0.239 e. The molecule has 0 spiro atoms. The van der Waals surface area contributed by atoms with E-state index in [9.17, 15) is 18.0 Å². The fourth-order valence-corrected chi connectivity index (χ4v) is 9.99. The number of carbonyl (C=O) groups excluding carboxylic acids is 2. The number of nitrogens with one attached hydrogen (secondary N) is 4. The molecule has 2 saturated heterocycles. The first-order chi connectivity index (χ1) is 26.8. The van der Waals surface area contributed by atoms with Crippen LogP contribution in [0.1, 0.15) is 33.4 Å². The molecule has 8 rings (SSSR count). The van der Waals surface area contributed by atoms with Gasteiger partial charge in [0.1, 0.15) is 12.1 Å². The van der Waals surface area contributed by atoms with Gasteiger partial charge in [-0.2, -0.15) is 0 Å². The molecule has 4 atom stereocenters. The van der Waals surface area contributed by atoms with Crippen molar-refractivity contribution in [2.45, 2.75) is 35.2 Å². The fraction of sp³-hybridized carbons (Fsp3) is 0.174. The first-order valence-electron chi connectivity index (χ1n) is 18.5. The molecule has 276 valence electrons. The van der Waals surface area contributed by atoms with Crippen LogP contribution in [0, 0.1) is 0 Å². The lowest BCUT2D eigenvalue weighted by Crippen LogP contribution is -2.75. The highest BCUT2D eigenvalue weighted by Crippen LogP contribution is 2.40. The molecule has 0 radical (unpaired) electrons. The van der Waals surface area contributed by atoms with Gasteiger partial charge in [-0.1, -0.05) is 182 Å². The summed E-state index contributed by atoms with van der Waals surface area (Å²) in [5.41, 5.74) is 3.58. The van der Waals surface area contributed by atoms with Crippen LogP contribution in [0.2, 0.25) is 0 Å². The minimum atomic E-state index is -3.82. The lowest BCUT2D eigenvalue weighted by molar-refractivity contribution is -0.132. The Bertz CT molecular complexity index is 1990. The zero-order valence-electron chi connectivity index (χ0n) is 30.1. The molecule has 2 amide bonds. The minimum Gasteiger partial charge on any atom is -0.349 e. The van der Waals surface area contributed by atoms with Gasteiger partial charge in [0.25, 0.3) is 0 Å². The molecule has 0 aromatic heterocycles. The van der Waals surface area contributed by atoms with Crippen LogP contribution in [-0.4, -0.2) is 55.9 Å². The largest absolute Gasteiger partial charge is 0.349 e. The molecule has 2 aliphatic heterocycles. The van der Waals surface area contributed by atoms with Crippen molar-refractivity contribution in [3.05, 3.63) is 215 Å². The van der Waals surface area contributed by atoms with Gasteiger partial charge in [-0.05, 0) is 33.4 Å². The summed E-state index contributed by atoms with van der Waals surface area (Å²) in [7, 11) is -3.82. The molecule has 0 saturated carbocycles. The van der Waals surface area contributed by atoms with E-state index in [0.29, 0.717) is 0 Å². The lowest BCUT2D eigenvalue weighted by atomic mass is 9.75. The topological polar surface area (TPSA) is 116 Å². The number of benzene rings is 6. The molecule has 0 aliphatic carbocycles. The summed E-state index contributed by atoms with van der Waals surface area (Å²) in [5, 5.41) is 13.1. The van der Waals surface area contributed by atoms with E-state index in [1.807, 2.05) is 182 Å². The number of β-lactam (4-membered cyclic amide) rings is 2. The molecule has 2 fully saturated rings. The van der Waals surface area contributed by atoms with Gasteiger partial charge < -0.3 is 10.6 Å². The molecule has 2 unspecified atom stereocenters. The summed E-state index contributed by atoms with van der Waals surface area (Å²) in [6.45, 7) is 0. The van der Waals surface area contributed by atoms with Gasteiger partial charge in [0.05, 0.1) is 34.7 Å². The fourth-order valence-electron chi connectivity index (χ4n) is 8.20. The third kappa shape index (κ3) is 6.87. The highest BCUT2D eigenvalue weighted by Gasteiger charge is 2.51. The maximum Gasteiger partial charge on any atom is 0.239 e. The summed E-state index contributed by atoms with van der Waals surface area (Å²) in [6.07, 6.45) is 0. The van der Waals surface area contributed by atoms with Crippen molar-refractivity contribution in [1.29, 1.82) is 0 Å². The summed E-state index contributed by atoms with van der Waals surface area (Å²) < 4.78 is 28.3. The van der Waals surface area contributed by atoms with Crippen molar-refractivity contribution in [2.75, 3.05) is 11.5 Å². The molecule has 9 heteroatoms. The van der Waals surface area contributed by atoms with Crippen LogP contribution < -0.4 is 21.3 Å². The number of rotatable bonds is 14. The van der Waals surface area contributed by atoms with Crippen LogP contribution in [0.4, 0.5) is 0 Å². The number of hydrogen-bond acceptors (Lipinski definition) is 6. The quantitative estimate of drug-likeness (QED) is 0.0889. The van der Waals surface area contributed by atoms with Crippen molar-refractivity contribution >= 4 is 21.7 Å². The zero-order chi connectivity index (χ0) is 37.9. The number of carbonyl (C=O) groups is 2. The van der Waals surface area contributed by atoms with E-state index in [1.54, 1.807) is 0 Å². The van der Waals surface area contributed by atoms with Crippen molar-refractivity contribution in [3.63, 3.8) is 0 Å². The first-order valence-corrected chi connectivity index (χ1v) is 20.3. The standard InChI is InChI=1S/C46H42N4O4S/c51-43-41(49-45(33-19-7-1-8-20-33,34-21-9-2-10-22-34)35-23-11-3-12-24-35)39(47-43)31-55(53,54)32-40-42(44(52)48-40)50-46(36-25-13-4-14-26-36,37-27-15-5-16-28-37)38-29-17-6-18-30-38/h1-30,39-42,49-50H,31-32H2,(H,47,51)(H,48,52)/t39?,40?,41-,42-/m1/s1. The summed E-state index contributed by atoms with van der Waals surface area (Å²) in [5.74, 6) is -1.15. The minimum absolute atomic E-state index is 0.276. The number of sulfone groups is 1. The molecular weight excluding hydrogens is 705 g/mol. The van der Waals surface area contributed by atoms with Crippen LogP contribution in [-0.2, 0) is 30.5 Å². The second-order valence-electron chi connectivity index (χ2n) is 14.2. The van der Waals surface area contributed by atoms with Crippen molar-refractivity contribution in [1.82, 2.24) is 21.3 Å². The van der Waals surface area contributed by atoms with Crippen molar-refractivity contribution in [2.24, 2.45) is 0 Å². The van der Waals surface area contributed by atoms with E-state index in [1.165, 1.54) is 0 Å². The first kappa shape index (κ1) is 36.1. The average Bonchev–Trinajstić information content (AvgIpc) is 3.23. The maximum absolute atomic E-state index is 14.1. The maximum atomic E-state index is 14.1. The average molecular weight is 747 g/mol. The van der Waals surface area contributed by atoms with Gasteiger partial charge in [0.15, 0.2) is 9.84 Å². The van der Waals surface area contributed by atoms with Gasteiger partial charge >= 0.3 is 0 Å². The van der Waals surface area contributed by atoms with E-state index in [4.69, 9.17) is 0 Å². The number of amides is 2. The van der Waals surface area contributed by atoms with Crippen LogP contribution in [0.3, 0.4) is 0 Å².